The van der Waals surface area contributed by atoms with Crippen molar-refractivity contribution < 1.29 is 161 Å². The number of hydrogen-bond acceptors (Lipinski definition) is 34. The molecule has 6 unspecified atom stereocenters. The molecule has 0 aliphatic heterocycles. The maximum Gasteiger partial charge on any atom is 0.333 e. The quantitative estimate of drug-likeness (QED) is 0.0477. The first-order valence-electron chi connectivity index (χ1n) is 39.0. The van der Waals surface area contributed by atoms with E-state index in [0.717, 1.165) is 0 Å². The Morgan fingerprint density at radius 1 is 0.193 bits per heavy atom. The van der Waals surface area contributed by atoms with Crippen LogP contribution in [0.15, 0.2) is 12.2 Å². The summed E-state index contributed by atoms with van der Waals surface area (Å²) in [6.45, 7) is 44.0. The Morgan fingerprint density at radius 3 is 0.450 bits per heavy atom. The van der Waals surface area contributed by atoms with E-state index in [1.54, 1.807) is 14.0 Å². The second-order valence-corrected chi connectivity index (χ2v) is 24.1. The highest BCUT2D eigenvalue weighted by atomic mass is 16.6. The fourth-order valence-electron chi connectivity index (χ4n) is 7.87. The van der Waals surface area contributed by atoms with E-state index in [-0.39, 0.29) is 43.2 Å². The minimum Gasteiger partial charge on any atom is -0.460 e. The van der Waals surface area contributed by atoms with Crippen LogP contribution in [0, 0.1) is 0 Å². The summed E-state index contributed by atoms with van der Waals surface area (Å²) < 4.78 is 183. The summed E-state index contributed by atoms with van der Waals surface area (Å²) in [4.78, 5) is 11.3. The van der Waals surface area contributed by atoms with Gasteiger partial charge in [-0.25, -0.2) is 4.79 Å². The molecule has 109 heavy (non-hydrogen) atoms. The molecular formula is C75H148O34. The van der Waals surface area contributed by atoms with Crippen molar-refractivity contribution in [2.45, 2.75) is 85.1 Å². The van der Waals surface area contributed by atoms with Gasteiger partial charge in [-0.1, -0.05) is 6.58 Å². The lowest BCUT2D eigenvalue weighted by Crippen LogP contribution is -2.29. The molecule has 0 aromatic rings. The average Bonchev–Trinajstić information content (AvgIpc) is 1.17. The molecule has 0 fully saturated rings. The lowest BCUT2D eigenvalue weighted by atomic mass is 10.3. The minimum atomic E-state index is -0.420. The zero-order chi connectivity index (χ0) is 79.0. The van der Waals surface area contributed by atoms with Crippen molar-refractivity contribution in [2.24, 2.45) is 0 Å². The highest BCUT2D eigenvalue weighted by Crippen LogP contribution is 2.05. The third-order valence-electron chi connectivity index (χ3n) is 13.9. The van der Waals surface area contributed by atoms with E-state index in [2.05, 4.69) is 6.58 Å². The molecule has 0 rings (SSSR count). The van der Waals surface area contributed by atoms with Crippen molar-refractivity contribution in [2.75, 3.05) is 390 Å². The van der Waals surface area contributed by atoms with Crippen LogP contribution in [0.4, 0.5) is 0 Å². The molecule has 0 aromatic carbocycles. The van der Waals surface area contributed by atoms with Crippen LogP contribution in [-0.4, -0.2) is 433 Å². The summed E-state index contributed by atoms with van der Waals surface area (Å²) in [7, 11) is 1.67. The number of rotatable bonds is 97. The molecule has 0 radical (unpaired) electrons. The van der Waals surface area contributed by atoms with Crippen LogP contribution in [0.25, 0.3) is 0 Å². The molecular weight excluding hydrogens is 1440 g/mol. The Morgan fingerprint density at radius 2 is 0.312 bits per heavy atom. The summed E-state index contributed by atoms with van der Waals surface area (Å²) in [6.07, 6.45) is -0.250. The Balaban J connectivity index is 3.19. The number of esters is 1. The predicted molar refractivity (Wildman–Crippen MR) is 401 cm³/mol. The second kappa shape index (κ2) is 91.5. The van der Waals surface area contributed by atoms with Crippen LogP contribution in [-0.2, 0) is 161 Å². The van der Waals surface area contributed by atoms with Gasteiger partial charge in [-0.2, -0.15) is 0 Å². The first-order valence-corrected chi connectivity index (χ1v) is 39.0. The van der Waals surface area contributed by atoms with Crippen molar-refractivity contribution in [1.82, 2.24) is 0 Å². The zero-order valence-electron chi connectivity index (χ0n) is 68.1. The predicted octanol–water partition coefficient (Wildman–Crippen LogP) is 3.60. The van der Waals surface area contributed by atoms with Gasteiger partial charge in [-0.3, -0.25) is 0 Å². The zero-order valence-corrected chi connectivity index (χ0v) is 68.1. The molecule has 0 aromatic heterocycles. The highest BCUT2D eigenvalue weighted by Gasteiger charge is 2.14. The van der Waals surface area contributed by atoms with E-state index < -0.39 is 5.97 Å². The van der Waals surface area contributed by atoms with Crippen LogP contribution >= 0.6 is 0 Å². The molecule has 652 valence electrons. The van der Waals surface area contributed by atoms with Gasteiger partial charge in [0.05, 0.1) is 413 Å². The Kier molecular flexibility index (Phi) is 89.7. The summed E-state index contributed by atoms with van der Waals surface area (Å²) >= 11 is 0. The van der Waals surface area contributed by atoms with Crippen molar-refractivity contribution in [3.05, 3.63) is 12.2 Å². The van der Waals surface area contributed by atoms with Crippen LogP contribution < -0.4 is 0 Å². The van der Waals surface area contributed by atoms with Gasteiger partial charge >= 0.3 is 5.97 Å². The van der Waals surface area contributed by atoms with Gasteiger partial charge in [0, 0.05) is 12.7 Å². The Hall–Kier alpha value is -2.07. The molecule has 0 spiro atoms. The summed E-state index contributed by atoms with van der Waals surface area (Å²) in [5, 5.41) is 0. The normalized spacial score (nSPS) is 13.5. The van der Waals surface area contributed by atoms with E-state index in [0.29, 0.717) is 382 Å². The lowest BCUT2D eigenvalue weighted by Gasteiger charge is -2.22. The largest absolute Gasteiger partial charge is 0.460 e. The number of carbonyl (C=O) groups is 1. The summed E-state index contributed by atoms with van der Waals surface area (Å²) in [5.74, 6) is -0.420. The van der Waals surface area contributed by atoms with E-state index in [4.69, 9.17) is 156 Å². The van der Waals surface area contributed by atoms with Gasteiger partial charge in [0.15, 0.2) is 0 Å². The maximum atomic E-state index is 11.3. The van der Waals surface area contributed by atoms with Gasteiger partial charge in [-0.05, 0) is 48.5 Å². The molecule has 0 heterocycles. The monoisotopic (exact) mass is 1590 g/mol. The van der Waals surface area contributed by atoms with Crippen molar-refractivity contribution in [1.29, 1.82) is 0 Å². The van der Waals surface area contributed by atoms with Crippen LogP contribution in [0.2, 0.25) is 0 Å². The molecule has 34 nitrogen and oxygen atoms in total. The SMILES string of the molecule is C=C(C)C(=O)OCCOCCOCCOCCOCCOCCOCCOCCOCCOCCOCCOCCOCCOCCOCCOCCOCCOCCOCCOCCOCCOCCOCCOCCOCCOCCOCC(C)OCC(C)OCC(C)OCC(C)OCC(C)OCC(C)OC. The van der Waals surface area contributed by atoms with Crippen LogP contribution in [0.3, 0.4) is 0 Å². The molecule has 0 N–H and O–H groups in total. The molecule has 0 amide bonds. The molecule has 0 aliphatic rings. The fourth-order valence-corrected chi connectivity index (χ4v) is 7.87. The standard InChI is InChI=1S/C75H148O34/c1-68(2)75(76)104-61-60-102-57-56-100-53-52-98-49-48-96-45-44-94-41-40-92-37-36-90-33-32-88-29-28-86-25-24-84-21-20-82-17-16-80-13-12-78-10-11-79-14-15-81-18-19-83-22-23-85-26-27-87-30-31-89-34-35-91-38-39-93-42-43-95-46-47-97-50-51-99-54-55-101-58-59-103-62-70(4)106-64-72(6)108-66-74(8)109-67-73(7)107-65-71(5)105-63-69(3)77-9/h69-74H,1,10-67H2,2-9H3. The van der Waals surface area contributed by atoms with Gasteiger partial charge in [0.25, 0.3) is 0 Å². The average molecular weight is 1590 g/mol. The third-order valence-corrected chi connectivity index (χ3v) is 13.9. The van der Waals surface area contributed by atoms with E-state index in [1.165, 1.54) is 0 Å². The second-order valence-electron chi connectivity index (χ2n) is 24.1. The van der Waals surface area contributed by atoms with Gasteiger partial charge in [-0.15, -0.1) is 0 Å². The Labute approximate surface area is 652 Å². The smallest absolute Gasteiger partial charge is 0.333 e. The maximum absolute atomic E-state index is 11.3. The van der Waals surface area contributed by atoms with Gasteiger partial charge in [0.1, 0.15) is 6.61 Å². The first-order chi connectivity index (χ1) is 53.5. The number of carbonyl (C=O) groups excluding carboxylic acids is 1. The number of methoxy groups -OCH3 is 1. The van der Waals surface area contributed by atoms with Crippen molar-refractivity contribution in [3.8, 4) is 0 Å². The van der Waals surface area contributed by atoms with Crippen molar-refractivity contribution >= 4 is 5.97 Å². The first kappa shape index (κ1) is 107. The van der Waals surface area contributed by atoms with Gasteiger partial charge in [0.2, 0.25) is 0 Å². The molecule has 34 heteroatoms. The van der Waals surface area contributed by atoms with E-state index in [9.17, 15) is 4.79 Å². The molecule has 0 bridgehead atoms. The fraction of sp³-hybridized carbons (Fsp3) is 0.960. The topological polar surface area (TPSA) is 322 Å². The lowest BCUT2D eigenvalue weighted by molar-refractivity contribution is -0.140. The minimum absolute atomic E-state index is 0.0200. The molecule has 0 aliphatic carbocycles. The highest BCUT2D eigenvalue weighted by molar-refractivity contribution is 5.86. The van der Waals surface area contributed by atoms with Gasteiger partial charge < -0.3 is 156 Å². The summed E-state index contributed by atoms with van der Waals surface area (Å²) in [5.41, 5.74) is 0.362. The van der Waals surface area contributed by atoms with E-state index in [1.807, 2.05) is 41.5 Å². The molecule has 0 saturated heterocycles. The van der Waals surface area contributed by atoms with Crippen LogP contribution in [0.5, 0.6) is 0 Å². The van der Waals surface area contributed by atoms with Crippen LogP contribution in [0.1, 0.15) is 48.5 Å². The third kappa shape index (κ3) is 91.3. The Bertz CT molecular complexity index is 1760. The number of ether oxygens (including phenoxy) is 33. The van der Waals surface area contributed by atoms with Crippen molar-refractivity contribution in [3.63, 3.8) is 0 Å². The molecule has 6 atom stereocenters. The number of hydrogen-bond donors (Lipinski definition) is 0. The summed E-state index contributed by atoms with van der Waals surface area (Å²) in [6, 6.07) is 0. The van der Waals surface area contributed by atoms with E-state index >= 15 is 0 Å². The molecule has 0 saturated carbocycles.